The van der Waals surface area contributed by atoms with Crippen molar-refractivity contribution in [3.05, 3.63) is 134 Å². The molecule has 55 heavy (non-hydrogen) atoms. The minimum absolute atomic E-state index is 0.0287. The van der Waals surface area contributed by atoms with Crippen molar-refractivity contribution in [2.75, 3.05) is 18.0 Å². The predicted octanol–water partition coefficient (Wildman–Crippen LogP) is 12.3. The SMILES string of the molecule is CC.CCCCN(CCCC)c1ccc(/C=C/c2ccc(/C=C/c3ccc(-c4c5cc(C)c(=O)cc-5oc5cc(O)c(Cl)cc45)c(S(=O)(=O)O)c3)cc2)cc1. The highest BCUT2D eigenvalue weighted by molar-refractivity contribution is 7.86. The summed E-state index contributed by atoms with van der Waals surface area (Å²) in [6.07, 6.45) is 12.5. The molecule has 0 saturated heterocycles. The Labute approximate surface area is 329 Å². The molecular weight excluding hydrogens is 730 g/mol. The van der Waals surface area contributed by atoms with Gasteiger partial charge in [0.15, 0.2) is 5.43 Å². The number of aromatic hydroxyl groups is 1. The van der Waals surface area contributed by atoms with Gasteiger partial charge in [-0.3, -0.25) is 9.35 Å². The maximum absolute atomic E-state index is 12.9. The lowest BCUT2D eigenvalue weighted by Gasteiger charge is -2.24. The van der Waals surface area contributed by atoms with E-state index in [9.17, 15) is 22.9 Å². The zero-order valence-corrected chi connectivity index (χ0v) is 33.5. The van der Waals surface area contributed by atoms with Gasteiger partial charge in [0.25, 0.3) is 10.1 Å². The number of anilines is 1. The molecule has 1 heterocycles. The Morgan fingerprint density at radius 3 is 1.80 bits per heavy atom. The second-order valence-corrected chi connectivity index (χ2v) is 15.0. The Morgan fingerprint density at radius 1 is 0.727 bits per heavy atom. The predicted molar refractivity (Wildman–Crippen MR) is 230 cm³/mol. The monoisotopic (exact) mass is 777 g/mol. The van der Waals surface area contributed by atoms with Crippen molar-refractivity contribution >= 4 is 62.7 Å². The summed E-state index contributed by atoms with van der Waals surface area (Å²) in [5.41, 5.74) is 6.24. The maximum atomic E-state index is 12.9. The summed E-state index contributed by atoms with van der Waals surface area (Å²) < 4.78 is 42.1. The molecule has 2 N–H and O–H groups in total. The van der Waals surface area contributed by atoms with Crippen molar-refractivity contribution in [2.24, 2.45) is 0 Å². The van der Waals surface area contributed by atoms with Gasteiger partial charge in [-0.15, -0.1) is 0 Å². The first kappa shape index (κ1) is 41.0. The number of unbranched alkanes of at least 4 members (excludes halogenated alkanes) is 2. The van der Waals surface area contributed by atoms with E-state index in [2.05, 4.69) is 55.2 Å². The molecule has 0 amide bonds. The molecular formula is C46H48ClNO6S. The molecule has 2 aliphatic rings. The third-order valence-electron chi connectivity index (χ3n) is 9.33. The van der Waals surface area contributed by atoms with Gasteiger partial charge in [0.1, 0.15) is 22.0 Å². The van der Waals surface area contributed by atoms with Crippen molar-refractivity contribution in [3.63, 3.8) is 0 Å². The topological polar surface area (TPSA) is 108 Å². The van der Waals surface area contributed by atoms with Crippen molar-refractivity contribution in [1.82, 2.24) is 0 Å². The molecule has 0 atom stereocenters. The number of hydrogen-bond acceptors (Lipinski definition) is 6. The van der Waals surface area contributed by atoms with E-state index >= 15 is 0 Å². The zero-order valence-electron chi connectivity index (χ0n) is 32.0. The van der Waals surface area contributed by atoms with Gasteiger partial charge in [-0.2, -0.15) is 8.42 Å². The number of phenolic OH excluding ortho intramolecular Hbond substituents is 1. The van der Waals surface area contributed by atoms with Crippen LogP contribution in [0, 0.1) is 6.92 Å². The Morgan fingerprint density at radius 2 is 1.25 bits per heavy atom. The molecule has 7 nitrogen and oxygen atoms in total. The van der Waals surface area contributed by atoms with Crippen LogP contribution in [-0.4, -0.2) is 31.2 Å². The molecule has 0 radical (unpaired) electrons. The number of aryl methyl sites for hydroxylation is 1. The van der Waals surface area contributed by atoms with Gasteiger partial charge >= 0.3 is 0 Å². The van der Waals surface area contributed by atoms with Crippen LogP contribution in [0.4, 0.5) is 5.69 Å². The number of benzene rings is 5. The molecule has 4 aromatic carbocycles. The van der Waals surface area contributed by atoms with E-state index in [0.29, 0.717) is 27.6 Å². The molecule has 0 bridgehead atoms. The molecule has 6 rings (SSSR count). The molecule has 0 saturated carbocycles. The molecule has 1 aliphatic carbocycles. The molecule has 4 aromatic rings. The standard InChI is InChI=1S/C44H42ClNO6S.C2H6/c1-4-6-22-46(23-7-5-2)34-19-16-32(17-20-34)13-12-30-8-10-31(11-9-30)14-15-33-18-21-35(43(25-33)53(49,50)51)44-36-24-29(3)39(47)27-41(36)52-42-28-40(48)38(45)26-37(42)44;1-2/h8-21,24-28,48H,4-7,22-23H2,1-3H3,(H,49,50,51);1-2H3/b13-12+,15-14+;. The van der Waals surface area contributed by atoms with E-state index in [1.54, 1.807) is 31.2 Å². The minimum atomic E-state index is -4.73. The number of phenols is 1. The number of fused-ring (bicyclic) bond motifs is 2. The molecule has 0 spiro atoms. The van der Waals surface area contributed by atoms with Gasteiger partial charge in [0, 0.05) is 53.0 Å². The van der Waals surface area contributed by atoms with Gasteiger partial charge < -0.3 is 14.4 Å². The number of hydrogen-bond donors (Lipinski definition) is 2. The highest BCUT2D eigenvalue weighted by Gasteiger charge is 2.25. The quantitative estimate of drug-likeness (QED) is 0.0683. The van der Waals surface area contributed by atoms with Gasteiger partial charge in [-0.05, 0) is 77.9 Å². The van der Waals surface area contributed by atoms with E-state index in [1.165, 1.54) is 55.6 Å². The van der Waals surface area contributed by atoms with Crippen LogP contribution < -0.4 is 10.3 Å². The lowest BCUT2D eigenvalue weighted by Crippen LogP contribution is -2.25. The molecule has 286 valence electrons. The van der Waals surface area contributed by atoms with E-state index < -0.39 is 10.1 Å². The molecule has 0 aromatic heterocycles. The van der Waals surface area contributed by atoms with Crippen LogP contribution in [0.5, 0.6) is 5.75 Å². The van der Waals surface area contributed by atoms with Crippen molar-refractivity contribution in [3.8, 4) is 28.2 Å². The van der Waals surface area contributed by atoms with Crippen LogP contribution in [0.2, 0.25) is 5.02 Å². The van der Waals surface area contributed by atoms with Gasteiger partial charge in [0.05, 0.1) is 5.02 Å². The number of rotatable bonds is 13. The first-order valence-electron chi connectivity index (χ1n) is 18.8. The van der Waals surface area contributed by atoms with E-state index in [-0.39, 0.29) is 38.0 Å². The Kier molecular flexibility index (Phi) is 13.8. The second-order valence-electron chi connectivity index (χ2n) is 13.2. The largest absolute Gasteiger partial charge is 0.506 e. The molecule has 1 aliphatic heterocycles. The Hall–Kier alpha value is -5.15. The maximum Gasteiger partial charge on any atom is 0.295 e. The lowest BCUT2D eigenvalue weighted by atomic mass is 9.92. The average molecular weight is 778 g/mol. The zero-order chi connectivity index (χ0) is 39.7. The smallest absolute Gasteiger partial charge is 0.295 e. The van der Waals surface area contributed by atoms with Crippen LogP contribution in [0.25, 0.3) is 57.7 Å². The third-order valence-corrected chi connectivity index (χ3v) is 10.5. The van der Waals surface area contributed by atoms with Crippen molar-refractivity contribution < 1.29 is 22.5 Å². The van der Waals surface area contributed by atoms with Crippen LogP contribution in [-0.2, 0) is 10.1 Å². The second kappa shape index (κ2) is 18.5. The normalized spacial score (nSPS) is 11.8. The van der Waals surface area contributed by atoms with E-state index in [1.807, 2.05) is 44.2 Å². The van der Waals surface area contributed by atoms with Crippen LogP contribution in [0.1, 0.15) is 81.2 Å². The van der Waals surface area contributed by atoms with E-state index in [0.717, 1.165) is 29.8 Å². The summed E-state index contributed by atoms with van der Waals surface area (Å²) in [7, 11) is -4.73. The molecule has 0 unspecified atom stereocenters. The lowest BCUT2D eigenvalue weighted by molar-refractivity contribution is 0.474. The summed E-state index contributed by atoms with van der Waals surface area (Å²) >= 11 is 6.28. The van der Waals surface area contributed by atoms with Crippen molar-refractivity contribution in [2.45, 2.75) is 65.2 Å². The highest BCUT2D eigenvalue weighted by atomic mass is 35.5. The first-order chi connectivity index (χ1) is 26.4. The van der Waals surface area contributed by atoms with Gasteiger partial charge in [-0.25, -0.2) is 0 Å². The van der Waals surface area contributed by atoms with Gasteiger partial charge in [0.2, 0.25) is 0 Å². The minimum Gasteiger partial charge on any atom is -0.506 e. The first-order valence-corrected chi connectivity index (χ1v) is 20.6. The number of nitrogens with zero attached hydrogens (tertiary/aromatic N) is 1. The fraction of sp³-hybridized carbons (Fsp3) is 0.239. The number of halogens is 1. The fourth-order valence-electron chi connectivity index (χ4n) is 6.36. The molecule has 0 fully saturated rings. The summed E-state index contributed by atoms with van der Waals surface area (Å²) in [6.45, 7) is 12.2. The molecule has 9 heteroatoms. The summed E-state index contributed by atoms with van der Waals surface area (Å²) in [6, 6.07) is 27.2. The highest BCUT2D eigenvalue weighted by Crippen LogP contribution is 2.45. The van der Waals surface area contributed by atoms with Crippen LogP contribution in [0.15, 0.2) is 105 Å². The fourth-order valence-corrected chi connectivity index (χ4v) is 7.25. The Bertz CT molecular complexity index is 2440. The Balaban J connectivity index is 0.00000285. The average Bonchev–Trinajstić information content (AvgIpc) is 3.18. The van der Waals surface area contributed by atoms with Crippen LogP contribution >= 0.6 is 11.6 Å². The van der Waals surface area contributed by atoms with Gasteiger partial charge in [-0.1, -0.05) is 125 Å². The summed E-state index contributed by atoms with van der Waals surface area (Å²) in [5, 5.41) is 10.7. The van der Waals surface area contributed by atoms with E-state index in [4.69, 9.17) is 16.0 Å². The summed E-state index contributed by atoms with van der Waals surface area (Å²) in [4.78, 5) is 14.7. The van der Waals surface area contributed by atoms with Crippen LogP contribution in [0.3, 0.4) is 0 Å². The van der Waals surface area contributed by atoms with Crippen molar-refractivity contribution in [1.29, 1.82) is 0 Å². The summed E-state index contributed by atoms with van der Waals surface area (Å²) in [5.74, 6) is -0.0440. The third kappa shape index (κ3) is 9.94.